The van der Waals surface area contributed by atoms with Crippen LogP contribution in [0, 0.1) is 5.92 Å². The third-order valence-corrected chi connectivity index (χ3v) is 3.69. The fraction of sp³-hybridized carbons (Fsp3) is 0.643. The summed E-state index contributed by atoms with van der Waals surface area (Å²) in [6, 6.07) is 7.15. The van der Waals surface area contributed by atoms with Crippen molar-refractivity contribution in [1.29, 1.82) is 0 Å². The summed E-state index contributed by atoms with van der Waals surface area (Å²) >= 11 is 0. The van der Waals surface area contributed by atoms with Gasteiger partial charge in [0.1, 0.15) is 5.82 Å². The number of nitrogens with zero attached hydrogens (tertiary/aromatic N) is 2. The molecule has 1 saturated carbocycles. The van der Waals surface area contributed by atoms with E-state index in [4.69, 9.17) is 4.98 Å². The highest BCUT2D eigenvalue weighted by Crippen LogP contribution is 2.22. The summed E-state index contributed by atoms with van der Waals surface area (Å²) in [5.74, 6) is 1.97. The molecular weight excluding hydrogens is 210 g/mol. The average Bonchev–Trinajstić information content (AvgIpc) is 3.08. The average molecular weight is 231 g/mol. The molecule has 0 spiro atoms. The van der Waals surface area contributed by atoms with E-state index in [2.05, 4.69) is 35.3 Å². The molecular formula is C14H21N3. The van der Waals surface area contributed by atoms with Gasteiger partial charge in [-0.3, -0.25) is 0 Å². The highest BCUT2D eigenvalue weighted by atomic mass is 15.2. The minimum absolute atomic E-state index is 0.757. The molecule has 92 valence electrons. The number of hydrogen-bond acceptors (Lipinski definition) is 3. The van der Waals surface area contributed by atoms with Crippen molar-refractivity contribution < 1.29 is 0 Å². The van der Waals surface area contributed by atoms with Crippen LogP contribution in [0.5, 0.6) is 0 Å². The summed E-state index contributed by atoms with van der Waals surface area (Å²) in [5.41, 5.74) is 1.17. The van der Waals surface area contributed by atoms with Crippen molar-refractivity contribution >= 4 is 5.82 Å². The van der Waals surface area contributed by atoms with Crippen molar-refractivity contribution in [3.05, 3.63) is 23.9 Å². The Morgan fingerprint density at radius 1 is 1.35 bits per heavy atom. The van der Waals surface area contributed by atoms with E-state index >= 15 is 0 Å². The van der Waals surface area contributed by atoms with Crippen LogP contribution in [0.25, 0.3) is 0 Å². The molecule has 2 aliphatic rings. The first kappa shape index (κ1) is 11.0. The Balaban J connectivity index is 1.65. The van der Waals surface area contributed by atoms with E-state index in [-0.39, 0.29) is 0 Å². The van der Waals surface area contributed by atoms with Crippen molar-refractivity contribution in [2.45, 2.75) is 38.8 Å². The van der Waals surface area contributed by atoms with Crippen LogP contribution in [-0.4, -0.2) is 24.1 Å². The molecule has 2 fully saturated rings. The molecule has 3 nitrogen and oxygen atoms in total. The number of nitrogens with one attached hydrogen (secondary N) is 1. The predicted molar refractivity (Wildman–Crippen MR) is 70.1 cm³/mol. The van der Waals surface area contributed by atoms with Crippen LogP contribution in [0.15, 0.2) is 18.2 Å². The zero-order valence-electron chi connectivity index (χ0n) is 10.5. The number of pyridine rings is 1. The summed E-state index contributed by atoms with van der Waals surface area (Å²) in [7, 11) is 0. The molecule has 1 unspecified atom stereocenters. The van der Waals surface area contributed by atoms with E-state index in [1.807, 2.05) is 0 Å². The maximum absolute atomic E-state index is 4.75. The SMILES string of the molecule is CC1CCN(c2cccc(CNC3CC3)n2)C1. The number of hydrogen-bond donors (Lipinski definition) is 1. The van der Waals surface area contributed by atoms with Gasteiger partial charge in [0.05, 0.1) is 5.69 Å². The lowest BCUT2D eigenvalue weighted by Gasteiger charge is -2.17. The lowest BCUT2D eigenvalue weighted by Crippen LogP contribution is -2.22. The van der Waals surface area contributed by atoms with Gasteiger partial charge in [0.15, 0.2) is 0 Å². The maximum Gasteiger partial charge on any atom is 0.128 e. The summed E-state index contributed by atoms with van der Waals surface area (Å²) < 4.78 is 0. The van der Waals surface area contributed by atoms with Gasteiger partial charge in [-0.2, -0.15) is 0 Å². The van der Waals surface area contributed by atoms with Crippen molar-refractivity contribution in [3.8, 4) is 0 Å². The molecule has 3 rings (SSSR count). The van der Waals surface area contributed by atoms with Gasteiger partial charge in [0.25, 0.3) is 0 Å². The largest absolute Gasteiger partial charge is 0.356 e. The summed E-state index contributed by atoms with van der Waals surface area (Å²) in [6.45, 7) is 5.56. The fourth-order valence-electron chi connectivity index (χ4n) is 2.42. The molecule has 1 aliphatic carbocycles. The molecule has 1 N–H and O–H groups in total. The van der Waals surface area contributed by atoms with Crippen LogP contribution in [0.1, 0.15) is 31.9 Å². The minimum atomic E-state index is 0.757. The van der Waals surface area contributed by atoms with E-state index in [9.17, 15) is 0 Å². The molecule has 2 heterocycles. The second-order valence-electron chi connectivity index (χ2n) is 5.48. The Bertz CT molecular complexity index is 387. The first-order chi connectivity index (χ1) is 8.31. The minimum Gasteiger partial charge on any atom is -0.356 e. The summed E-state index contributed by atoms with van der Waals surface area (Å²) in [5, 5.41) is 3.52. The van der Waals surface area contributed by atoms with Gasteiger partial charge in [-0.05, 0) is 37.3 Å². The Morgan fingerprint density at radius 2 is 2.24 bits per heavy atom. The molecule has 17 heavy (non-hydrogen) atoms. The molecule has 0 aromatic carbocycles. The summed E-state index contributed by atoms with van der Waals surface area (Å²) in [4.78, 5) is 7.16. The monoisotopic (exact) mass is 231 g/mol. The molecule has 1 aromatic rings. The van der Waals surface area contributed by atoms with Crippen LogP contribution in [0.3, 0.4) is 0 Å². The highest BCUT2D eigenvalue weighted by molar-refractivity contribution is 5.40. The van der Waals surface area contributed by atoms with E-state index in [1.54, 1.807) is 0 Å². The molecule has 1 aromatic heterocycles. The van der Waals surface area contributed by atoms with Gasteiger partial charge in [0.2, 0.25) is 0 Å². The van der Waals surface area contributed by atoms with Gasteiger partial charge >= 0.3 is 0 Å². The van der Waals surface area contributed by atoms with Crippen LogP contribution >= 0.6 is 0 Å². The van der Waals surface area contributed by atoms with Crippen LogP contribution in [0.2, 0.25) is 0 Å². The van der Waals surface area contributed by atoms with Crippen LogP contribution in [0.4, 0.5) is 5.82 Å². The van der Waals surface area contributed by atoms with E-state index in [0.29, 0.717) is 0 Å². The van der Waals surface area contributed by atoms with Gasteiger partial charge < -0.3 is 10.2 Å². The van der Waals surface area contributed by atoms with Crippen molar-refractivity contribution in [2.75, 3.05) is 18.0 Å². The Morgan fingerprint density at radius 3 is 2.94 bits per heavy atom. The topological polar surface area (TPSA) is 28.2 Å². The lowest BCUT2D eigenvalue weighted by atomic mass is 10.2. The summed E-state index contributed by atoms with van der Waals surface area (Å²) in [6.07, 6.45) is 3.97. The molecule has 1 saturated heterocycles. The quantitative estimate of drug-likeness (QED) is 0.861. The van der Waals surface area contributed by atoms with E-state index in [1.165, 1.54) is 25.0 Å². The van der Waals surface area contributed by atoms with E-state index in [0.717, 1.165) is 37.4 Å². The number of rotatable bonds is 4. The van der Waals surface area contributed by atoms with Crippen molar-refractivity contribution in [1.82, 2.24) is 10.3 Å². The third kappa shape index (κ3) is 2.78. The molecule has 0 bridgehead atoms. The maximum atomic E-state index is 4.75. The normalized spacial score (nSPS) is 24.3. The molecule has 0 amide bonds. The fourth-order valence-corrected chi connectivity index (χ4v) is 2.42. The zero-order chi connectivity index (χ0) is 11.7. The highest BCUT2D eigenvalue weighted by Gasteiger charge is 2.21. The zero-order valence-corrected chi connectivity index (χ0v) is 10.5. The Kier molecular flexibility index (Phi) is 3.02. The second kappa shape index (κ2) is 4.65. The number of aromatic nitrogens is 1. The second-order valence-corrected chi connectivity index (χ2v) is 5.48. The van der Waals surface area contributed by atoms with E-state index < -0.39 is 0 Å². The Labute approximate surface area is 103 Å². The van der Waals surface area contributed by atoms with Gasteiger partial charge in [-0.25, -0.2) is 4.98 Å². The van der Waals surface area contributed by atoms with Gasteiger partial charge in [-0.15, -0.1) is 0 Å². The molecule has 1 atom stereocenters. The van der Waals surface area contributed by atoms with Crippen LogP contribution < -0.4 is 10.2 Å². The van der Waals surface area contributed by atoms with Gasteiger partial charge in [-0.1, -0.05) is 13.0 Å². The predicted octanol–water partition coefficient (Wildman–Crippen LogP) is 2.18. The van der Waals surface area contributed by atoms with Crippen molar-refractivity contribution in [3.63, 3.8) is 0 Å². The smallest absolute Gasteiger partial charge is 0.128 e. The van der Waals surface area contributed by atoms with Crippen LogP contribution in [-0.2, 0) is 6.54 Å². The molecule has 0 radical (unpaired) electrons. The Hall–Kier alpha value is -1.09. The van der Waals surface area contributed by atoms with Gasteiger partial charge in [0, 0.05) is 25.7 Å². The third-order valence-electron chi connectivity index (χ3n) is 3.69. The first-order valence-corrected chi connectivity index (χ1v) is 6.75. The van der Waals surface area contributed by atoms with Crippen molar-refractivity contribution in [2.24, 2.45) is 5.92 Å². The first-order valence-electron chi connectivity index (χ1n) is 6.75. The molecule has 3 heteroatoms. The number of anilines is 1. The molecule has 1 aliphatic heterocycles. The lowest BCUT2D eigenvalue weighted by molar-refractivity contribution is 0.657. The standard InChI is InChI=1S/C14H21N3/c1-11-7-8-17(10-11)14-4-2-3-13(16-14)9-15-12-5-6-12/h2-4,11-12,15H,5-10H2,1H3.